The molecular weight excluding hydrogens is 331 g/mol. The zero-order valence-electron chi connectivity index (χ0n) is 13.5. The summed E-state index contributed by atoms with van der Waals surface area (Å²) >= 11 is 12.1. The third-order valence-electron chi connectivity index (χ3n) is 5.48. The van der Waals surface area contributed by atoms with Crippen molar-refractivity contribution in [3.8, 4) is 0 Å². The van der Waals surface area contributed by atoms with Crippen molar-refractivity contribution >= 4 is 29.1 Å². The van der Waals surface area contributed by atoms with Gasteiger partial charge in [0.1, 0.15) is 0 Å². The molecule has 126 valence electrons. The van der Waals surface area contributed by atoms with E-state index in [9.17, 15) is 4.79 Å². The molecule has 2 aliphatic rings. The van der Waals surface area contributed by atoms with Crippen LogP contribution in [-0.2, 0) is 11.3 Å². The minimum atomic E-state index is 0.116. The lowest BCUT2D eigenvalue weighted by Crippen LogP contribution is -2.49. The Kier molecular flexibility index (Phi) is 5.19. The van der Waals surface area contributed by atoms with Gasteiger partial charge in [-0.3, -0.25) is 4.79 Å². The molecule has 2 N–H and O–H groups in total. The second kappa shape index (κ2) is 7.00. The van der Waals surface area contributed by atoms with Crippen molar-refractivity contribution in [1.82, 2.24) is 4.90 Å². The number of rotatable bonds is 3. The molecule has 2 aliphatic carbocycles. The van der Waals surface area contributed by atoms with Crippen LogP contribution in [0.25, 0.3) is 0 Å². The van der Waals surface area contributed by atoms with Gasteiger partial charge in [0.05, 0.1) is 0 Å². The van der Waals surface area contributed by atoms with E-state index in [2.05, 4.69) is 0 Å². The highest BCUT2D eigenvalue weighted by atomic mass is 35.5. The lowest BCUT2D eigenvalue weighted by molar-refractivity contribution is -0.137. The van der Waals surface area contributed by atoms with Crippen molar-refractivity contribution < 1.29 is 4.79 Å². The van der Waals surface area contributed by atoms with Crippen molar-refractivity contribution in [2.45, 2.75) is 44.7 Å². The number of hydrogen-bond acceptors (Lipinski definition) is 2. The van der Waals surface area contributed by atoms with Gasteiger partial charge in [-0.25, -0.2) is 0 Å². The summed E-state index contributed by atoms with van der Waals surface area (Å²) in [6.07, 6.45) is 5.50. The van der Waals surface area contributed by atoms with Crippen LogP contribution in [0.2, 0.25) is 10.0 Å². The van der Waals surface area contributed by atoms with Gasteiger partial charge in [-0.2, -0.15) is 0 Å². The normalized spacial score (nSPS) is 30.1. The van der Waals surface area contributed by atoms with Gasteiger partial charge in [-0.1, -0.05) is 29.6 Å². The topological polar surface area (TPSA) is 46.3 Å². The summed E-state index contributed by atoms with van der Waals surface area (Å²) in [5.74, 6) is 1.38. The second-order valence-electron chi connectivity index (χ2n) is 7.17. The lowest BCUT2D eigenvalue weighted by atomic mass is 9.65. The molecule has 2 unspecified atom stereocenters. The Morgan fingerprint density at radius 1 is 1.17 bits per heavy atom. The SMILES string of the molecule is CN(Cc1cc(Cl)cc(Cl)c1)C(=O)C1CC2CCCC(C1)C2N. The average molecular weight is 355 g/mol. The van der Waals surface area contributed by atoms with Crippen LogP contribution in [0.3, 0.4) is 0 Å². The Morgan fingerprint density at radius 3 is 2.30 bits per heavy atom. The number of fused-ring (bicyclic) bond motifs is 2. The number of nitrogens with two attached hydrogens (primary N) is 1. The van der Waals surface area contributed by atoms with Gasteiger partial charge in [0.2, 0.25) is 5.91 Å². The summed E-state index contributed by atoms with van der Waals surface area (Å²) < 4.78 is 0. The second-order valence-corrected chi connectivity index (χ2v) is 8.04. The minimum absolute atomic E-state index is 0.116. The van der Waals surface area contributed by atoms with Crippen LogP contribution in [0.1, 0.15) is 37.7 Å². The van der Waals surface area contributed by atoms with E-state index in [1.54, 1.807) is 11.0 Å². The molecule has 5 heteroatoms. The molecule has 0 aromatic heterocycles. The Bertz CT molecular complexity index is 558. The van der Waals surface area contributed by atoms with Crippen LogP contribution in [0, 0.1) is 17.8 Å². The maximum absolute atomic E-state index is 12.8. The van der Waals surface area contributed by atoms with Crippen molar-refractivity contribution in [1.29, 1.82) is 0 Å². The Labute approximate surface area is 148 Å². The van der Waals surface area contributed by atoms with Gasteiger partial charge in [0.25, 0.3) is 0 Å². The molecule has 2 fully saturated rings. The number of benzene rings is 1. The van der Waals surface area contributed by atoms with E-state index in [0.29, 0.717) is 34.5 Å². The van der Waals surface area contributed by atoms with Gasteiger partial charge in [-0.05, 0) is 61.3 Å². The Balaban J connectivity index is 1.65. The lowest BCUT2D eigenvalue weighted by Gasteiger charge is -2.44. The molecule has 0 aliphatic heterocycles. The van der Waals surface area contributed by atoms with Gasteiger partial charge >= 0.3 is 0 Å². The molecule has 0 radical (unpaired) electrons. The first-order valence-corrected chi connectivity index (χ1v) is 9.15. The quantitative estimate of drug-likeness (QED) is 0.887. The highest BCUT2D eigenvalue weighted by molar-refractivity contribution is 6.34. The number of hydrogen-bond donors (Lipinski definition) is 1. The summed E-state index contributed by atoms with van der Waals surface area (Å²) in [6.45, 7) is 0.539. The third-order valence-corrected chi connectivity index (χ3v) is 5.92. The smallest absolute Gasteiger partial charge is 0.225 e. The zero-order valence-corrected chi connectivity index (χ0v) is 15.0. The van der Waals surface area contributed by atoms with Crippen LogP contribution in [-0.4, -0.2) is 23.9 Å². The minimum Gasteiger partial charge on any atom is -0.341 e. The Morgan fingerprint density at radius 2 is 1.74 bits per heavy atom. The molecule has 1 aromatic carbocycles. The van der Waals surface area contributed by atoms with Gasteiger partial charge < -0.3 is 10.6 Å². The predicted octanol–water partition coefficient (Wildman–Crippen LogP) is 4.11. The maximum atomic E-state index is 12.8. The van der Waals surface area contributed by atoms with Crippen molar-refractivity contribution in [2.75, 3.05) is 7.05 Å². The van der Waals surface area contributed by atoms with Crippen molar-refractivity contribution in [3.05, 3.63) is 33.8 Å². The van der Waals surface area contributed by atoms with Gasteiger partial charge in [0.15, 0.2) is 0 Å². The van der Waals surface area contributed by atoms with Gasteiger partial charge in [-0.15, -0.1) is 0 Å². The van der Waals surface area contributed by atoms with Crippen molar-refractivity contribution in [3.63, 3.8) is 0 Å². The first kappa shape index (κ1) is 17.1. The van der Waals surface area contributed by atoms with Crippen LogP contribution in [0.4, 0.5) is 0 Å². The molecule has 2 atom stereocenters. The van der Waals surface area contributed by atoms with Crippen LogP contribution in [0.15, 0.2) is 18.2 Å². The summed E-state index contributed by atoms with van der Waals surface area (Å²) in [4.78, 5) is 14.6. The van der Waals surface area contributed by atoms with E-state index in [0.717, 1.165) is 18.4 Å². The standard InChI is InChI=1S/C18H24Cl2N2O/c1-22(10-11-5-15(19)9-16(20)6-11)18(23)14-7-12-3-2-4-13(8-14)17(12)21/h5-6,9,12-14,17H,2-4,7-8,10,21H2,1H3. The average Bonchev–Trinajstić information content (AvgIpc) is 2.45. The Hall–Kier alpha value is -0.770. The molecule has 0 spiro atoms. The fourth-order valence-electron chi connectivity index (χ4n) is 4.36. The third kappa shape index (κ3) is 3.84. The summed E-state index contributed by atoms with van der Waals surface area (Å²) in [5.41, 5.74) is 7.29. The first-order chi connectivity index (χ1) is 10.9. The highest BCUT2D eigenvalue weighted by Crippen LogP contribution is 2.42. The van der Waals surface area contributed by atoms with E-state index < -0.39 is 0 Å². The van der Waals surface area contributed by atoms with E-state index in [-0.39, 0.29) is 11.8 Å². The number of amides is 1. The first-order valence-electron chi connectivity index (χ1n) is 8.39. The molecule has 23 heavy (non-hydrogen) atoms. The summed E-state index contributed by atoms with van der Waals surface area (Å²) in [7, 11) is 1.86. The fraction of sp³-hybridized carbons (Fsp3) is 0.611. The number of carbonyl (C=O) groups excluding carboxylic acids is 1. The predicted molar refractivity (Wildman–Crippen MR) is 94.5 cm³/mol. The molecular formula is C18H24Cl2N2O. The van der Waals surface area contributed by atoms with Crippen LogP contribution in [0.5, 0.6) is 0 Å². The van der Waals surface area contributed by atoms with E-state index in [1.165, 1.54) is 19.3 Å². The molecule has 1 amide bonds. The van der Waals surface area contributed by atoms with E-state index >= 15 is 0 Å². The van der Waals surface area contributed by atoms with Gasteiger partial charge in [0, 0.05) is 35.6 Å². The molecule has 3 nitrogen and oxygen atoms in total. The number of halogens is 2. The molecule has 2 bridgehead atoms. The van der Waals surface area contributed by atoms with E-state index in [1.807, 2.05) is 19.2 Å². The molecule has 0 heterocycles. The monoisotopic (exact) mass is 354 g/mol. The molecule has 0 saturated heterocycles. The number of carbonyl (C=O) groups is 1. The molecule has 2 saturated carbocycles. The highest BCUT2D eigenvalue weighted by Gasteiger charge is 2.41. The zero-order chi connectivity index (χ0) is 16.6. The molecule has 3 rings (SSSR count). The number of nitrogens with zero attached hydrogens (tertiary/aromatic N) is 1. The molecule has 1 aromatic rings. The van der Waals surface area contributed by atoms with Crippen molar-refractivity contribution in [2.24, 2.45) is 23.5 Å². The summed E-state index contributed by atoms with van der Waals surface area (Å²) in [5, 5.41) is 1.21. The van der Waals surface area contributed by atoms with E-state index in [4.69, 9.17) is 28.9 Å². The largest absolute Gasteiger partial charge is 0.341 e. The van der Waals surface area contributed by atoms with Crippen LogP contribution >= 0.6 is 23.2 Å². The maximum Gasteiger partial charge on any atom is 0.225 e. The fourth-order valence-corrected chi connectivity index (χ4v) is 4.93. The van der Waals surface area contributed by atoms with Crippen LogP contribution < -0.4 is 5.73 Å². The summed E-state index contributed by atoms with van der Waals surface area (Å²) in [6, 6.07) is 5.73.